The van der Waals surface area contributed by atoms with Crippen LogP contribution >= 0.6 is 22.9 Å². The van der Waals surface area contributed by atoms with E-state index >= 15 is 0 Å². The van der Waals surface area contributed by atoms with E-state index in [0.717, 1.165) is 10.6 Å². The Labute approximate surface area is 97.0 Å². The van der Waals surface area contributed by atoms with Gasteiger partial charge in [-0.1, -0.05) is 23.7 Å². The molecule has 2 rings (SSSR count). The minimum absolute atomic E-state index is 0.696. The van der Waals surface area contributed by atoms with Gasteiger partial charge in [0.1, 0.15) is 5.01 Å². The lowest BCUT2D eigenvalue weighted by molar-refractivity contribution is 1.39. The second kappa shape index (κ2) is 4.47. The van der Waals surface area contributed by atoms with Crippen LogP contribution in [0.4, 0.5) is 0 Å². The van der Waals surface area contributed by atoms with Crippen molar-refractivity contribution >= 4 is 34.7 Å². The smallest absolute Gasteiger partial charge is 0.118 e. The van der Waals surface area contributed by atoms with Gasteiger partial charge in [-0.3, -0.25) is 0 Å². The van der Waals surface area contributed by atoms with Crippen LogP contribution in [0.3, 0.4) is 0 Å². The Morgan fingerprint density at radius 2 is 2.07 bits per heavy atom. The maximum atomic E-state index is 5.92. The van der Waals surface area contributed by atoms with Crippen molar-refractivity contribution in [2.75, 3.05) is 0 Å². The monoisotopic (exact) mass is 236 g/mol. The summed E-state index contributed by atoms with van der Waals surface area (Å²) in [6.45, 7) is 0. The maximum absolute atomic E-state index is 5.92. The summed E-state index contributed by atoms with van der Waals surface area (Å²) in [6, 6.07) is 7.42. The van der Waals surface area contributed by atoms with Crippen LogP contribution in [0.15, 0.2) is 35.8 Å². The molecule has 1 aromatic heterocycles. The molecular weight excluding hydrogens is 228 g/mol. The highest BCUT2D eigenvalue weighted by atomic mass is 35.5. The van der Waals surface area contributed by atoms with E-state index in [2.05, 4.69) is 4.98 Å². The molecular formula is C11H9ClN2S. The first-order valence-electron chi connectivity index (χ1n) is 4.38. The zero-order valence-corrected chi connectivity index (χ0v) is 9.42. The van der Waals surface area contributed by atoms with Gasteiger partial charge in [-0.2, -0.15) is 0 Å². The molecule has 1 heterocycles. The van der Waals surface area contributed by atoms with Crippen LogP contribution in [0, 0.1) is 0 Å². The molecule has 0 radical (unpaired) electrons. The van der Waals surface area contributed by atoms with Crippen LogP contribution in [0.1, 0.15) is 10.6 Å². The summed E-state index contributed by atoms with van der Waals surface area (Å²) in [7, 11) is 0. The summed E-state index contributed by atoms with van der Waals surface area (Å²) in [5.41, 5.74) is 7.57. The summed E-state index contributed by atoms with van der Waals surface area (Å²) < 4.78 is 0. The van der Waals surface area contributed by atoms with Gasteiger partial charge in [-0.25, -0.2) is 4.98 Å². The number of nitrogens with two attached hydrogens (primary N) is 1. The standard InChI is InChI=1S/C11H9ClN2S/c12-9-3-1-8(2-4-9)10(13)7-11-14-5-6-15-11/h1-7H,13H2. The molecule has 0 aliphatic carbocycles. The first kappa shape index (κ1) is 10.2. The quantitative estimate of drug-likeness (QED) is 0.869. The number of halogens is 1. The molecule has 0 saturated heterocycles. The SMILES string of the molecule is NC(=Cc1nccs1)c1ccc(Cl)cc1. The van der Waals surface area contributed by atoms with E-state index in [1.54, 1.807) is 17.5 Å². The van der Waals surface area contributed by atoms with Crippen LogP contribution in [0.2, 0.25) is 5.02 Å². The van der Waals surface area contributed by atoms with Crippen molar-refractivity contribution in [2.45, 2.75) is 0 Å². The van der Waals surface area contributed by atoms with Gasteiger partial charge >= 0.3 is 0 Å². The minimum Gasteiger partial charge on any atom is -0.398 e. The van der Waals surface area contributed by atoms with Crippen LogP contribution in [-0.2, 0) is 0 Å². The van der Waals surface area contributed by atoms with Gasteiger partial charge < -0.3 is 5.73 Å². The predicted molar refractivity (Wildman–Crippen MR) is 65.6 cm³/mol. The van der Waals surface area contributed by atoms with Crippen LogP contribution < -0.4 is 5.73 Å². The highest BCUT2D eigenvalue weighted by Crippen LogP contribution is 2.17. The maximum Gasteiger partial charge on any atom is 0.118 e. The topological polar surface area (TPSA) is 38.9 Å². The molecule has 2 aromatic rings. The summed E-state index contributed by atoms with van der Waals surface area (Å²) >= 11 is 7.34. The Hall–Kier alpha value is -1.32. The molecule has 4 heteroatoms. The fourth-order valence-corrected chi connectivity index (χ4v) is 1.87. The average Bonchev–Trinajstić information content (AvgIpc) is 2.71. The van der Waals surface area contributed by atoms with Crippen molar-refractivity contribution in [2.24, 2.45) is 5.73 Å². The number of rotatable bonds is 2. The Morgan fingerprint density at radius 3 is 2.67 bits per heavy atom. The highest BCUT2D eigenvalue weighted by molar-refractivity contribution is 7.10. The van der Waals surface area contributed by atoms with Gasteiger partial charge in [-0.15, -0.1) is 11.3 Å². The van der Waals surface area contributed by atoms with E-state index in [1.165, 1.54) is 0 Å². The first-order valence-corrected chi connectivity index (χ1v) is 5.64. The van der Waals surface area contributed by atoms with Gasteiger partial charge in [0.05, 0.1) is 0 Å². The third kappa shape index (κ3) is 2.58. The van der Waals surface area contributed by atoms with E-state index in [9.17, 15) is 0 Å². The Balaban J connectivity index is 2.28. The lowest BCUT2D eigenvalue weighted by atomic mass is 10.1. The molecule has 2 nitrogen and oxygen atoms in total. The minimum atomic E-state index is 0.696. The molecule has 0 atom stereocenters. The zero-order chi connectivity index (χ0) is 10.7. The molecule has 0 bridgehead atoms. The van der Waals surface area contributed by atoms with Crippen molar-refractivity contribution in [3.63, 3.8) is 0 Å². The fourth-order valence-electron chi connectivity index (χ4n) is 1.16. The number of nitrogens with zero attached hydrogens (tertiary/aromatic N) is 1. The molecule has 0 spiro atoms. The third-order valence-electron chi connectivity index (χ3n) is 1.91. The molecule has 1 aromatic carbocycles. The Morgan fingerprint density at radius 1 is 1.33 bits per heavy atom. The van der Waals surface area contributed by atoms with Crippen LogP contribution in [-0.4, -0.2) is 4.98 Å². The largest absolute Gasteiger partial charge is 0.398 e. The first-order chi connectivity index (χ1) is 7.25. The summed E-state index contributed by atoms with van der Waals surface area (Å²) in [5, 5.41) is 3.53. The second-order valence-electron chi connectivity index (χ2n) is 2.98. The molecule has 0 aliphatic heterocycles. The highest BCUT2D eigenvalue weighted by Gasteiger charge is 1.98. The van der Waals surface area contributed by atoms with Crippen molar-refractivity contribution in [3.8, 4) is 0 Å². The molecule has 0 amide bonds. The normalized spacial score (nSPS) is 11.7. The zero-order valence-electron chi connectivity index (χ0n) is 7.85. The number of hydrogen-bond donors (Lipinski definition) is 1. The van der Waals surface area contributed by atoms with E-state index in [4.69, 9.17) is 17.3 Å². The molecule has 0 fully saturated rings. The molecule has 2 N–H and O–H groups in total. The molecule has 0 aliphatic rings. The van der Waals surface area contributed by atoms with Crippen molar-refractivity contribution in [1.29, 1.82) is 0 Å². The Bertz CT molecular complexity index is 460. The fraction of sp³-hybridized carbons (Fsp3) is 0. The van der Waals surface area contributed by atoms with Gasteiger partial charge in [0, 0.05) is 22.3 Å². The van der Waals surface area contributed by atoms with E-state index < -0.39 is 0 Å². The van der Waals surface area contributed by atoms with Gasteiger partial charge in [0.2, 0.25) is 0 Å². The van der Waals surface area contributed by atoms with E-state index in [0.29, 0.717) is 10.7 Å². The van der Waals surface area contributed by atoms with Crippen molar-refractivity contribution in [3.05, 3.63) is 51.4 Å². The van der Waals surface area contributed by atoms with E-state index in [1.807, 2.05) is 35.7 Å². The average molecular weight is 237 g/mol. The summed E-state index contributed by atoms with van der Waals surface area (Å²) in [4.78, 5) is 4.14. The van der Waals surface area contributed by atoms with Crippen molar-refractivity contribution < 1.29 is 0 Å². The predicted octanol–water partition coefficient (Wildman–Crippen LogP) is 3.25. The van der Waals surface area contributed by atoms with Crippen LogP contribution in [0.25, 0.3) is 11.8 Å². The summed E-state index contributed by atoms with van der Waals surface area (Å²) in [5.74, 6) is 0. The number of thiazole rings is 1. The molecule has 0 saturated carbocycles. The number of hydrogen-bond acceptors (Lipinski definition) is 3. The lowest BCUT2D eigenvalue weighted by Crippen LogP contribution is -1.95. The van der Waals surface area contributed by atoms with Crippen LogP contribution in [0.5, 0.6) is 0 Å². The van der Waals surface area contributed by atoms with Gasteiger partial charge in [0.15, 0.2) is 0 Å². The third-order valence-corrected chi connectivity index (χ3v) is 2.88. The van der Waals surface area contributed by atoms with Crippen molar-refractivity contribution in [1.82, 2.24) is 4.98 Å². The van der Waals surface area contributed by atoms with Gasteiger partial charge in [0.25, 0.3) is 0 Å². The molecule has 15 heavy (non-hydrogen) atoms. The van der Waals surface area contributed by atoms with Gasteiger partial charge in [-0.05, 0) is 23.8 Å². The second-order valence-corrected chi connectivity index (χ2v) is 4.34. The van der Waals surface area contributed by atoms with E-state index in [-0.39, 0.29) is 0 Å². The molecule has 0 unspecified atom stereocenters. The summed E-state index contributed by atoms with van der Waals surface area (Å²) in [6.07, 6.45) is 3.61. The molecule has 76 valence electrons. The number of benzene rings is 1. The Kier molecular flexibility index (Phi) is 3.04. The lowest BCUT2D eigenvalue weighted by Gasteiger charge is -2.00. The number of aromatic nitrogens is 1.